The Bertz CT molecular complexity index is 108. The van der Waals surface area contributed by atoms with Gasteiger partial charge in [-0.3, -0.25) is 0 Å². The summed E-state index contributed by atoms with van der Waals surface area (Å²) in [6.07, 6.45) is 1.42. The summed E-state index contributed by atoms with van der Waals surface area (Å²) >= 11 is 0. The van der Waals surface area contributed by atoms with E-state index in [2.05, 4.69) is 5.32 Å². The van der Waals surface area contributed by atoms with Crippen molar-refractivity contribution in [2.24, 2.45) is 0 Å². The fourth-order valence-electron chi connectivity index (χ4n) is 0.908. The van der Waals surface area contributed by atoms with Crippen LogP contribution >= 0.6 is 0 Å². The highest BCUT2D eigenvalue weighted by molar-refractivity contribution is 4.85. The summed E-state index contributed by atoms with van der Waals surface area (Å²) in [5.74, 6) is 0. The predicted molar refractivity (Wildman–Crippen MR) is 48.3 cm³/mol. The van der Waals surface area contributed by atoms with Gasteiger partial charge in [0, 0.05) is 6.61 Å². The van der Waals surface area contributed by atoms with Crippen LogP contribution in [-0.4, -0.2) is 58.9 Å². The standard InChI is InChI=1S/C8H19NO4/c10-4-2-1-3-9-8(5-11,6-12)7-13/h9-13H,1-7H2. The lowest BCUT2D eigenvalue weighted by atomic mass is 10.0. The summed E-state index contributed by atoms with van der Waals surface area (Å²) in [6.45, 7) is -0.230. The van der Waals surface area contributed by atoms with Crippen LogP contribution in [0, 0.1) is 0 Å². The van der Waals surface area contributed by atoms with E-state index in [0.717, 1.165) is 6.42 Å². The molecule has 13 heavy (non-hydrogen) atoms. The summed E-state index contributed by atoms with van der Waals surface area (Å²) in [7, 11) is 0. The second kappa shape index (κ2) is 7.23. The van der Waals surface area contributed by atoms with Crippen molar-refractivity contribution in [1.82, 2.24) is 5.32 Å². The van der Waals surface area contributed by atoms with Crippen LogP contribution in [0.2, 0.25) is 0 Å². The number of hydrogen-bond acceptors (Lipinski definition) is 5. The lowest BCUT2D eigenvalue weighted by molar-refractivity contribution is 0.0423. The van der Waals surface area contributed by atoms with E-state index in [0.29, 0.717) is 13.0 Å². The topological polar surface area (TPSA) is 93.0 Å². The molecule has 0 spiro atoms. The highest BCUT2D eigenvalue weighted by Gasteiger charge is 2.26. The molecule has 0 radical (unpaired) electrons. The fourth-order valence-corrected chi connectivity index (χ4v) is 0.908. The summed E-state index contributed by atoms with van der Waals surface area (Å²) in [6, 6.07) is 0. The van der Waals surface area contributed by atoms with Crippen molar-refractivity contribution >= 4 is 0 Å². The Hall–Kier alpha value is -0.200. The monoisotopic (exact) mass is 193 g/mol. The number of nitrogens with one attached hydrogen (secondary N) is 1. The first-order valence-corrected chi connectivity index (χ1v) is 4.43. The van der Waals surface area contributed by atoms with Crippen molar-refractivity contribution in [3.63, 3.8) is 0 Å². The Morgan fingerprint density at radius 1 is 0.846 bits per heavy atom. The van der Waals surface area contributed by atoms with Gasteiger partial charge in [-0.15, -0.1) is 0 Å². The van der Waals surface area contributed by atoms with E-state index in [4.69, 9.17) is 20.4 Å². The van der Waals surface area contributed by atoms with Crippen molar-refractivity contribution in [1.29, 1.82) is 0 Å². The van der Waals surface area contributed by atoms with Gasteiger partial charge in [0.05, 0.1) is 25.4 Å². The molecule has 5 N–H and O–H groups in total. The summed E-state index contributed by atoms with van der Waals surface area (Å²) in [5, 5.41) is 38.1. The molecule has 0 saturated heterocycles. The first-order valence-electron chi connectivity index (χ1n) is 4.43. The third kappa shape index (κ3) is 4.54. The number of aliphatic hydroxyl groups excluding tert-OH is 4. The number of aliphatic hydroxyl groups is 4. The van der Waals surface area contributed by atoms with Crippen LogP contribution in [0.3, 0.4) is 0 Å². The van der Waals surface area contributed by atoms with E-state index in [9.17, 15) is 0 Å². The van der Waals surface area contributed by atoms with Crippen molar-refractivity contribution in [2.45, 2.75) is 18.4 Å². The lowest BCUT2D eigenvalue weighted by Gasteiger charge is -2.28. The maximum Gasteiger partial charge on any atom is 0.0881 e. The van der Waals surface area contributed by atoms with Crippen molar-refractivity contribution in [3.8, 4) is 0 Å². The van der Waals surface area contributed by atoms with Gasteiger partial charge in [-0.25, -0.2) is 0 Å². The Morgan fingerprint density at radius 3 is 1.77 bits per heavy atom. The van der Waals surface area contributed by atoms with Crippen molar-refractivity contribution < 1.29 is 20.4 Å². The molecule has 0 atom stereocenters. The third-order valence-electron chi connectivity index (χ3n) is 1.99. The van der Waals surface area contributed by atoms with Gasteiger partial charge >= 0.3 is 0 Å². The normalized spacial score (nSPS) is 12.0. The number of rotatable bonds is 8. The van der Waals surface area contributed by atoms with Crippen LogP contribution in [0.1, 0.15) is 12.8 Å². The van der Waals surface area contributed by atoms with Gasteiger partial charge < -0.3 is 25.7 Å². The van der Waals surface area contributed by atoms with Crippen molar-refractivity contribution in [3.05, 3.63) is 0 Å². The van der Waals surface area contributed by atoms with Crippen LogP contribution < -0.4 is 5.32 Å². The van der Waals surface area contributed by atoms with Gasteiger partial charge in [-0.1, -0.05) is 0 Å². The number of unbranched alkanes of at least 4 members (excludes halogenated alkanes) is 1. The molecular weight excluding hydrogens is 174 g/mol. The average molecular weight is 193 g/mol. The SMILES string of the molecule is OCCCCNC(CO)(CO)CO. The Balaban J connectivity index is 3.68. The Kier molecular flexibility index (Phi) is 7.12. The third-order valence-corrected chi connectivity index (χ3v) is 1.99. The minimum atomic E-state index is -0.991. The number of hydrogen-bond donors (Lipinski definition) is 5. The van der Waals surface area contributed by atoms with Crippen LogP contribution in [0.5, 0.6) is 0 Å². The smallest absolute Gasteiger partial charge is 0.0881 e. The molecule has 0 unspecified atom stereocenters. The lowest BCUT2D eigenvalue weighted by Crippen LogP contribution is -2.55. The molecule has 0 saturated carbocycles. The molecule has 0 aliphatic carbocycles. The molecule has 0 aromatic carbocycles. The van der Waals surface area contributed by atoms with Crippen LogP contribution in [0.25, 0.3) is 0 Å². The Labute approximate surface area is 78.0 Å². The second-order valence-corrected chi connectivity index (χ2v) is 3.11. The molecule has 0 fully saturated rings. The first kappa shape index (κ1) is 12.8. The highest BCUT2D eigenvalue weighted by Crippen LogP contribution is 2.01. The van der Waals surface area contributed by atoms with E-state index in [1.54, 1.807) is 0 Å². The largest absolute Gasteiger partial charge is 0.396 e. The second-order valence-electron chi connectivity index (χ2n) is 3.11. The quantitative estimate of drug-likeness (QED) is 0.289. The fraction of sp³-hybridized carbons (Fsp3) is 1.00. The first-order chi connectivity index (χ1) is 6.24. The van der Waals surface area contributed by atoms with E-state index >= 15 is 0 Å². The molecule has 0 aliphatic rings. The highest BCUT2D eigenvalue weighted by atomic mass is 16.3. The molecule has 0 aromatic rings. The van der Waals surface area contributed by atoms with Gasteiger partial charge in [0.15, 0.2) is 0 Å². The molecule has 5 heteroatoms. The zero-order valence-corrected chi connectivity index (χ0v) is 7.74. The van der Waals surface area contributed by atoms with Gasteiger partial charge in [0.1, 0.15) is 0 Å². The van der Waals surface area contributed by atoms with Gasteiger partial charge in [-0.2, -0.15) is 0 Å². The van der Waals surface area contributed by atoms with E-state index in [1.165, 1.54) is 0 Å². The van der Waals surface area contributed by atoms with E-state index in [1.807, 2.05) is 0 Å². The molecular formula is C8H19NO4. The van der Waals surface area contributed by atoms with Crippen LogP contribution in [0.15, 0.2) is 0 Å². The Morgan fingerprint density at radius 2 is 1.38 bits per heavy atom. The maximum absolute atomic E-state index is 8.90. The maximum atomic E-state index is 8.90. The molecule has 80 valence electrons. The van der Waals surface area contributed by atoms with Crippen LogP contribution in [0.4, 0.5) is 0 Å². The van der Waals surface area contributed by atoms with Crippen molar-refractivity contribution in [2.75, 3.05) is 33.0 Å². The molecule has 0 aromatic heterocycles. The van der Waals surface area contributed by atoms with E-state index < -0.39 is 5.54 Å². The average Bonchev–Trinajstić information content (AvgIpc) is 2.20. The molecule has 0 aliphatic heterocycles. The molecule has 0 amide bonds. The van der Waals surface area contributed by atoms with Gasteiger partial charge in [-0.05, 0) is 19.4 Å². The minimum absolute atomic E-state index is 0.131. The zero-order valence-electron chi connectivity index (χ0n) is 7.74. The molecule has 0 heterocycles. The summed E-state index contributed by atoms with van der Waals surface area (Å²) < 4.78 is 0. The minimum Gasteiger partial charge on any atom is -0.396 e. The van der Waals surface area contributed by atoms with Gasteiger partial charge in [0.25, 0.3) is 0 Å². The summed E-state index contributed by atoms with van der Waals surface area (Å²) in [5.41, 5.74) is -0.991. The summed E-state index contributed by atoms with van der Waals surface area (Å²) in [4.78, 5) is 0. The predicted octanol–water partition coefficient (Wildman–Crippen LogP) is -1.94. The molecule has 0 rings (SSSR count). The molecule has 0 bridgehead atoms. The van der Waals surface area contributed by atoms with Gasteiger partial charge in [0.2, 0.25) is 0 Å². The van der Waals surface area contributed by atoms with Crippen LogP contribution in [-0.2, 0) is 0 Å². The van der Waals surface area contributed by atoms with E-state index in [-0.39, 0.29) is 26.4 Å². The molecule has 5 nitrogen and oxygen atoms in total. The zero-order chi connectivity index (χ0) is 10.2.